The van der Waals surface area contributed by atoms with Gasteiger partial charge in [-0.05, 0) is 24.3 Å². The molecule has 2 rings (SSSR count). The van der Waals surface area contributed by atoms with Crippen LogP contribution >= 0.6 is 0 Å². The second-order valence-electron chi connectivity index (χ2n) is 4.25. The van der Waals surface area contributed by atoms with Crippen LogP contribution in [0.3, 0.4) is 0 Å². The van der Waals surface area contributed by atoms with Crippen LogP contribution in [-0.4, -0.2) is 35.0 Å². The van der Waals surface area contributed by atoms with Gasteiger partial charge in [-0.2, -0.15) is 10.4 Å². The molecule has 0 aliphatic rings. The zero-order valence-electron chi connectivity index (χ0n) is 10.8. The van der Waals surface area contributed by atoms with Crippen molar-refractivity contribution in [3.05, 3.63) is 47.8 Å². The smallest absolute Gasteiger partial charge is 0.338 e. The highest BCUT2D eigenvalue weighted by Gasteiger charge is 2.15. The molecule has 8 heteroatoms. The van der Waals surface area contributed by atoms with E-state index in [9.17, 15) is 13.2 Å². The van der Waals surface area contributed by atoms with E-state index in [0.717, 1.165) is 6.20 Å². The minimum atomic E-state index is -3.51. The highest BCUT2D eigenvalue weighted by atomic mass is 32.2. The quantitative estimate of drug-likeness (QED) is 0.879. The summed E-state index contributed by atoms with van der Waals surface area (Å²) in [5.74, 6) is -1.32. The topological polar surface area (TPSA) is 113 Å². The number of rotatable bonds is 5. The summed E-state index contributed by atoms with van der Waals surface area (Å²) in [6.07, 6.45) is 2.44. The first-order chi connectivity index (χ1) is 9.92. The summed E-state index contributed by atoms with van der Waals surface area (Å²) in [5.41, 5.74) is 0.387. The van der Waals surface area contributed by atoms with Crippen molar-refractivity contribution in [1.82, 2.24) is 9.78 Å². The molecule has 0 aliphatic carbocycles. The molecule has 1 heterocycles. The van der Waals surface area contributed by atoms with Crippen molar-refractivity contribution in [3.8, 4) is 6.07 Å². The first kappa shape index (κ1) is 14.7. The Morgan fingerprint density at radius 2 is 2.00 bits per heavy atom. The zero-order chi connectivity index (χ0) is 15.5. The van der Waals surface area contributed by atoms with E-state index in [-0.39, 0.29) is 22.8 Å². The molecule has 7 nitrogen and oxygen atoms in total. The van der Waals surface area contributed by atoms with Gasteiger partial charge in [0.15, 0.2) is 9.84 Å². The summed E-state index contributed by atoms with van der Waals surface area (Å²) in [6, 6.07) is 7.53. The van der Waals surface area contributed by atoms with Crippen molar-refractivity contribution in [2.45, 2.75) is 11.4 Å². The van der Waals surface area contributed by atoms with Crippen molar-refractivity contribution >= 4 is 15.8 Å². The van der Waals surface area contributed by atoms with E-state index in [0.29, 0.717) is 5.56 Å². The predicted molar refractivity (Wildman–Crippen MR) is 72.4 cm³/mol. The minimum Gasteiger partial charge on any atom is -0.478 e. The van der Waals surface area contributed by atoms with E-state index >= 15 is 0 Å². The predicted octanol–water partition coefficient (Wildman–Crippen LogP) is 0.927. The Bertz CT molecular complexity index is 801. The van der Waals surface area contributed by atoms with Crippen LogP contribution in [0.15, 0.2) is 41.6 Å². The van der Waals surface area contributed by atoms with Crippen LogP contribution in [0, 0.1) is 11.3 Å². The summed E-state index contributed by atoms with van der Waals surface area (Å²) < 4.78 is 25.5. The molecule has 1 aromatic carbocycles. The van der Waals surface area contributed by atoms with Crippen LogP contribution in [-0.2, 0) is 16.4 Å². The second kappa shape index (κ2) is 5.76. The molecule has 0 radical (unpaired) electrons. The number of hydrogen-bond acceptors (Lipinski definition) is 5. The monoisotopic (exact) mass is 305 g/mol. The van der Waals surface area contributed by atoms with Crippen LogP contribution in [0.25, 0.3) is 0 Å². The van der Waals surface area contributed by atoms with E-state index in [1.807, 2.05) is 6.07 Å². The van der Waals surface area contributed by atoms with Gasteiger partial charge in [0.25, 0.3) is 0 Å². The maximum absolute atomic E-state index is 12.1. The summed E-state index contributed by atoms with van der Waals surface area (Å²) in [5, 5.41) is 21.2. The molecule has 1 aromatic heterocycles. The van der Waals surface area contributed by atoms with Crippen molar-refractivity contribution in [2.24, 2.45) is 0 Å². The van der Waals surface area contributed by atoms with E-state index < -0.39 is 15.8 Å². The lowest BCUT2D eigenvalue weighted by Crippen LogP contribution is -2.13. The average molecular weight is 305 g/mol. The molecule has 0 saturated carbocycles. The molecule has 0 unspecified atom stereocenters. The van der Waals surface area contributed by atoms with Gasteiger partial charge in [0.1, 0.15) is 0 Å². The lowest BCUT2D eigenvalue weighted by molar-refractivity contribution is 0.0696. The Labute approximate surface area is 121 Å². The maximum Gasteiger partial charge on any atom is 0.338 e. The first-order valence-corrected chi connectivity index (χ1v) is 7.56. The van der Waals surface area contributed by atoms with Crippen molar-refractivity contribution in [1.29, 1.82) is 5.26 Å². The van der Waals surface area contributed by atoms with Gasteiger partial charge in [-0.3, -0.25) is 4.68 Å². The van der Waals surface area contributed by atoms with Gasteiger partial charge in [0.05, 0.1) is 40.6 Å². The zero-order valence-corrected chi connectivity index (χ0v) is 11.6. The van der Waals surface area contributed by atoms with Crippen molar-refractivity contribution in [2.75, 3.05) is 5.75 Å². The fraction of sp³-hybridized carbons (Fsp3) is 0.154. The molecule has 108 valence electrons. The maximum atomic E-state index is 12.1. The number of aryl methyl sites for hydroxylation is 1. The van der Waals surface area contributed by atoms with E-state index in [4.69, 9.17) is 10.4 Å². The van der Waals surface area contributed by atoms with Gasteiger partial charge in [-0.25, -0.2) is 13.2 Å². The van der Waals surface area contributed by atoms with Crippen molar-refractivity contribution < 1.29 is 18.3 Å². The van der Waals surface area contributed by atoms with Gasteiger partial charge in [0.2, 0.25) is 0 Å². The minimum absolute atomic E-state index is 0.00534. The second-order valence-corrected chi connectivity index (χ2v) is 6.36. The number of aromatic carboxylic acids is 1. The lowest BCUT2D eigenvalue weighted by atomic mass is 10.2. The van der Waals surface area contributed by atoms with Gasteiger partial charge in [-0.1, -0.05) is 0 Å². The van der Waals surface area contributed by atoms with E-state index in [1.54, 1.807) is 0 Å². The Morgan fingerprint density at radius 3 is 2.52 bits per heavy atom. The molecule has 0 amide bonds. The molecular weight excluding hydrogens is 294 g/mol. The molecule has 0 spiro atoms. The van der Waals surface area contributed by atoms with Crippen LogP contribution in [0.1, 0.15) is 15.9 Å². The third-order valence-corrected chi connectivity index (χ3v) is 4.52. The summed E-state index contributed by atoms with van der Waals surface area (Å²) in [6.45, 7) is 0.0512. The Morgan fingerprint density at radius 1 is 1.33 bits per heavy atom. The van der Waals surface area contributed by atoms with Gasteiger partial charge >= 0.3 is 5.97 Å². The first-order valence-electron chi connectivity index (χ1n) is 5.91. The molecule has 0 saturated heterocycles. The van der Waals surface area contributed by atoms with Gasteiger partial charge in [0, 0.05) is 6.20 Å². The molecular formula is C13H11N3O4S. The number of benzene rings is 1. The summed E-state index contributed by atoms with van der Waals surface area (Å²) in [7, 11) is -3.51. The van der Waals surface area contributed by atoms with Gasteiger partial charge < -0.3 is 5.11 Å². The highest BCUT2D eigenvalue weighted by molar-refractivity contribution is 7.91. The average Bonchev–Trinajstić information content (AvgIpc) is 2.94. The fourth-order valence-electron chi connectivity index (χ4n) is 1.66. The Kier molecular flexibility index (Phi) is 4.05. The largest absolute Gasteiger partial charge is 0.478 e. The molecule has 0 bridgehead atoms. The molecule has 2 aromatic rings. The highest BCUT2D eigenvalue weighted by Crippen LogP contribution is 2.12. The van der Waals surface area contributed by atoms with Crippen LogP contribution < -0.4 is 0 Å². The summed E-state index contributed by atoms with van der Waals surface area (Å²) >= 11 is 0. The fourth-order valence-corrected chi connectivity index (χ4v) is 2.88. The van der Waals surface area contributed by atoms with Crippen LogP contribution in [0.4, 0.5) is 0 Å². The molecule has 0 atom stereocenters. The van der Waals surface area contributed by atoms with Gasteiger partial charge in [-0.15, -0.1) is 0 Å². The molecule has 1 N–H and O–H groups in total. The SMILES string of the molecule is N#Cc1ccc(S(=O)(=O)CCn2cc(C(=O)O)cn2)cc1. The van der Waals surface area contributed by atoms with E-state index in [2.05, 4.69) is 5.10 Å². The molecule has 0 aliphatic heterocycles. The third kappa shape index (κ3) is 3.46. The number of nitriles is 1. The Hall–Kier alpha value is -2.66. The van der Waals surface area contributed by atoms with Crippen LogP contribution in [0.2, 0.25) is 0 Å². The molecule has 21 heavy (non-hydrogen) atoms. The van der Waals surface area contributed by atoms with E-state index in [1.165, 1.54) is 35.1 Å². The van der Waals surface area contributed by atoms with Crippen LogP contribution in [0.5, 0.6) is 0 Å². The Balaban J connectivity index is 2.09. The lowest BCUT2D eigenvalue weighted by Gasteiger charge is -2.04. The third-order valence-electron chi connectivity index (χ3n) is 2.81. The number of sulfone groups is 1. The number of aromatic nitrogens is 2. The number of carboxylic acid groups (broad SMARTS) is 1. The number of carboxylic acids is 1. The summed E-state index contributed by atoms with van der Waals surface area (Å²) in [4.78, 5) is 10.8. The molecule has 0 fully saturated rings. The number of nitrogens with zero attached hydrogens (tertiary/aromatic N) is 3. The van der Waals surface area contributed by atoms with Crippen molar-refractivity contribution in [3.63, 3.8) is 0 Å². The normalized spacial score (nSPS) is 11.0. The number of carbonyl (C=O) groups is 1. The standard InChI is InChI=1S/C13H11N3O4S/c14-7-10-1-3-12(4-2-10)21(19,20)6-5-16-9-11(8-15-16)13(17)18/h1-4,8-9H,5-6H2,(H,17,18). The number of hydrogen-bond donors (Lipinski definition) is 1.